The highest BCUT2D eigenvalue weighted by atomic mass is 19.1. The number of aliphatic carboxylic acids is 1. The number of rotatable bonds is 7. The lowest BCUT2D eigenvalue weighted by Crippen LogP contribution is -2.40. The number of para-hydroxylation sites is 2. The number of aryl methyl sites for hydroxylation is 1. The number of carboxylic acid groups (broad SMARTS) is 1. The molecule has 9 heteroatoms. The Morgan fingerprint density at radius 1 is 1.09 bits per heavy atom. The number of benzene rings is 2. The van der Waals surface area contributed by atoms with Crippen molar-refractivity contribution in [2.24, 2.45) is 0 Å². The molecule has 3 aromatic rings. The van der Waals surface area contributed by atoms with Crippen LogP contribution in [0.2, 0.25) is 0 Å². The van der Waals surface area contributed by atoms with Crippen molar-refractivity contribution in [3.63, 3.8) is 0 Å². The summed E-state index contributed by atoms with van der Waals surface area (Å²) in [6.07, 6.45) is -1.23. The van der Waals surface area contributed by atoms with Gasteiger partial charge in [-0.2, -0.15) is 0 Å². The van der Waals surface area contributed by atoms with Crippen molar-refractivity contribution in [1.82, 2.24) is 4.68 Å². The number of carbonyl (C=O) groups is 3. The first kappa shape index (κ1) is 21.1. The molecule has 1 atom stereocenters. The topological polar surface area (TPSA) is 110 Å². The van der Waals surface area contributed by atoms with Crippen LogP contribution < -0.4 is 15.5 Å². The van der Waals surface area contributed by atoms with E-state index in [1.165, 1.54) is 16.8 Å². The van der Waals surface area contributed by atoms with Crippen LogP contribution in [0.5, 0.6) is 5.75 Å². The SMILES string of the molecule is O=C(O)CCc1ccc(-c2ccc(F)cc2)n1NC(=O)C[C@H]1Oc2ccccc2NC1=O. The zero-order valence-electron chi connectivity index (χ0n) is 16.9. The van der Waals surface area contributed by atoms with E-state index in [9.17, 15) is 18.8 Å². The molecule has 0 fully saturated rings. The smallest absolute Gasteiger partial charge is 0.303 e. The van der Waals surface area contributed by atoms with Gasteiger partial charge in [0.1, 0.15) is 11.6 Å². The molecule has 0 saturated heterocycles. The Kier molecular flexibility index (Phi) is 5.89. The van der Waals surface area contributed by atoms with Crippen molar-refractivity contribution in [3.05, 3.63) is 72.2 Å². The van der Waals surface area contributed by atoms with Crippen LogP contribution in [0.1, 0.15) is 18.5 Å². The van der Waals surface area contributed by atoms with E-state index in [4.69, 9.17) is 9.84 Å². The minimum atomic E-state index is -1.02. The summed E-state index contributed by atoms with van der Waals surface area (Å²) in [5.74, 6) is -1.84. The van der Waals surface area contributed by atoms with Crippen molar-refractivity contribution < 1.29 is 28.6 Å². The van der Waals surface area contributed by atoms with E-state index in [1.807, 2.05) is 0 Å². The number of fused-ring (bicyclic) bond motifs is 1. The van der Waals surface area contributed by atoms with Gasteiger partial charge >= 0.3 is 5.97 Å². The number of carbonyl (C=O) groups excluding carboxylic acids is 2. The van der Waals surface area contributed by atoms with Crippen molar-refractivity contribution in [2.45, 2.75) is 25.4 Å². The van der Waals surface area contributed by atoms with Crippen LogP contribution in [-0.4, -0.2) is 33.7 Å². The van der Waals surface area contributed by atoms with Crippen LogP contribution in [0.4, 0.5) is 10.1 Å². The van der Waals surface area contributed by atoms with Crippen LogP contribution in [0.25, 0.3) is 11.3 Å². The summed E-state index contributed by atoms with van der Waals surface area (Å²) in [6.45, 7) is 0. The summed E-state index contributed by atoms with van der Waals surface area (Å²) < 4.78 is 20.5. The second kappa shape index (κ2) is 8.93. The fourth-order valence-corrected chi connectivity index (χ4v) is 3.45. The lowest BCUT2D eigenvalue weighted by atomic mass is 10.1. The van der Waals surface area contributed by atoms with Gasteiger partial charge in [0.05, 0.1) is 24.2 Å². The first-order chi connectivity index (χ1) is 15.4. The van der Waals surface area contributed by atoms with Gasteiger partial charge in [-0.25, -0.2) is 4.39 Å². The number of halogens is 1. The number of hydrogen-bond acceptors (Lipinski definition) is 4. The number of anilines is 1. The molecule has 1 aromatic heterocycles. The summed E-state index contributed by atoms with van der Waals surface area (Å²) in [5, 5.41) is 11.7. The van der Waals surface area contributed by atoms with E-state index >= 15 is 0 Å². The molecule has 1 aliphatic rings. The molecule has 0 saturated carbocycles. The Morgan fingerprint density at radius 3 is 2.59 bits per heavy atom. The van der Waals surface area contributed by atoms with Gasteiger partial charge in [-0.15, -0.1) is 0 Å². The number of ether oxygens (including phenoxy) is 1. The molecule has 0 unspecified atom stereocenters. The third-order valence-electron chi connectivity index (χ3n) is 5.01. The van der Waals surface area contributed by atoms with Crippen molar-refractivity contribution >= 4 is 23.5 Å². The third-order valence-corrected chi connectivity index (χ3v) is 5.01. The van der Waals surface area contributed by atoms with E-state index in [0.29, 0.717) is 28.4 Å². The first-order valence-electron chi connectivity index (χ1n) is 9.95. The number of nitrogens with zero attached hydrogens (tertiary/aromatic N) is 1. The second-order valence-electron chi connectivity index (χ2n) is 7.28. The summed E-state index contributed by atoms with van der Waals surface area (Å²) in [5.41, 5.74) is 5.00. The van der Waals surface area contributed by atoms with Crippen LogP contribution in [0.3, 0.4) is 0 Å². The molecule has 0 spiro atoms. The number of hydrogen-bond donors (Lipinski definition) is 3. The van der Waals surface area contributed by atoms with E-state index in [1.54, 1.807) is 48.5 Å². The molecule has 164 valence electrons. The lowest BCUT2D eigenvalue weighted by Gasteiger charge is -2.25. The van der Waals surface area contributed by atoms with Gasteiger partial charge < -0.3 is 15.2 Å². The number of aromatic nitrogens is 1. The molecule has 4 rings (SSSR count). The van der Waals surface area contributed by atoms with Crippen molar-refractivity contribution in [1.29, 1.82) is 0 Å². The van der Waals surface area contributed by atoms with Crippen LogP contribution >= 0.6 is 0 Å². The second-order valence-corrected chi connectivity index (χ2v) is 7.28. The summed E-state index contributed by atoms with van der Waals surface area (Å²) >= 11 is 0. The first-order valence-corrected chi connectivity index (χ1v) is 9.95. The summed E-state index contributed by atoms with van der Waals surface area (Å²) in [4.78, 5) is 36.2. The Hall–Kier alpha value is -4.14. The monoisotopic (exact) mass is 437 g/mol. The van der Waals surface area contributed by atoms with Crippen molar-refractivity contribution in [3.8, 4) is 17.0 Å². The minimum Gasteiger partial charge on any atom is -0.481 e. The molecule has 0 aliphatic carbocycles. The predicted octanol–water partition coefficient (Wildman–Crippen LogP) is 3.17. The Bertz CT molecular complexity index is 1170. The Labute approximate surface area is 182 Å². The fraction of sp³-hybridized carbons (Fsp3) is 0.174. The number of nitrogens with one attached hydrogen (secondary N) is 2. The van der Waals surface area contributed by atoms with Gasteiger partial charge in [-0.1, -0.05) is 12.1 Å². The van der Waals surface area contributed by atoms with Gasteiger partial charge in [-0.05, 0) is 48.5 Å². The number of amides is 2. The molecule has 32 heavy (non-hydrogen) atoms. The largest absolute Gasteiger partial charge is 0.481 e. The zero-order valence-corrected chi connectivity index (χ0v) is 16.9. The molecule has 0 radical (unpaired) electrons. The van der Waals surface area contributed by atoms with Gasteiger partial charge in [-0.3, -0.25) is 24.5 Å². The molecule has 8 nitrogen and oxygen atoms in total. The fourth-order valence-electron chi connectivity index (χ4n) is 3.45. The molecule has 3 N–H and O–H groups in total. The maximum atomic E-state index is 13.3. The van der Waals surface area contributed by atoms with Gasteiger partial charge in [0, 0.05) is 17.7 Å². The van der Waals surface area contributed by atoms with Gasteiger partial charge in [0.25, 0.3) is 5.91 Å². The molecule has 0 bridgehead atoms. The average Bonchev–Trinajstić information content (AvgIpc) is 3.15. The Morgan fingerprint density at radius 2 is 1.84 bits per heavy atom. The van der Waals surface area contributed by atoms with Gasteiger partial charge in [0.2, 0.25) is 5.91 Å². The maximum Gasteiger partial charge on any atom is 0.303 e. The standard InChI is InChI=1S/C23H20FN3O5/c24-15-7-5-14(6-8-15)18-11-9-16(10-12-22(29)30)27(18)26-21(28)13-20-23(31)25-17-3-1-2-4-19(17)32-20/h1-9,11,20H,10,12-13H2,(H,25,31)(H,26,28)(H,29,30)/t20-/m1/s1. The van der Waals surface area contributed by atoms with Crippen molar-refractivity contribution in [2.75, 3.05) is 10.7 Å². The van der Waals surface area contributed by atoms with E-state index < -0.39 is 29.7 Å². The highest BCUT2D eigenvalue weighted by Crippen LogP contribution is 2.30. The molecular formula is C23H20FN3O5. The van der Waals surface area contributed by atoms with Crippen LogP contribution in [0, 0.1) is 5.82 Å². The summed E-state index contributed by atoms with van der Waals surface area (Å²) in [6, 6.07) is 16.0. The number of carboxylic acids is 1. The lowest BCUT2D eigenvalue weighted by molar-refractivity contribution is -0.137. The predicted molar refractivity (Wildman–Crippen MR) is 114 cm³/mol. The average molecular weight is 437 g/mol. The molecule has 1 aliphatic heterocycles. The highest BCUT2D eigenvalue weighted by molar-refractivity contribution is 6.00. The maximum absolute atomic E-state index is 13.3. The Balaban J connectivity index is 1.54. The molecule has 2 amide bonds. The third kappa shape index (κ3) is 4.61. The van der Waals surface area contributed by atoms with Crippen LogP contribution in [-0.2, 0) is 20.8 Å². The minimum absolute atomic E-state index is 0.131. The van der Waals surface area contributed by atoms with E-state index in [2.05, 4.69) is 10.7 Å². The van der Waals surface area contributed by atoms with Crippen LogP contribution in [0.15, 0.2) is 60.7 Å². The van der Waals surface area contributed by atoms with E-state index in [-0.39, 0.29) is 19.3 Å². The highest BCUT2D eigenvalue weighted by Gasteiger charge is 2.30. The molecular weight excluding hydrogens is 417 g/mol. The summed E-state index contributed by atoms with van der Waals surface area (Å²) in [7, 11) is 0. The quantitative estimate of drug-likeness (QED) is 0.526. The zero-order chi connectivity index (χ0) is 22.7. The molecule has 2 aromatic carbocycles. The normalized spacial score (nSPS) is 14.8. The van der Waals surface area contributed by atoms with E-state index in [0.717, 1.165) is 0 Å². The molecule has 2 heterocycles. The van der Waals surface area contributed by atoms with Gasteiger partial charge in [0.15, 0.2) is 6.10 Å².